The maximum Gasteiger partial charge on any atom is 0.407 e. The van der Waals surface area contributed by atoms with E-state index in [1.807, 2.05) is 59.8 Å². The summed E-state index contributed by atoms with van der Waals surface area (Å²) < 4.78 is 23.8. The van der Waals surface area contributed by atoms with E-state index < -0.39 is 53.9 Å². The first-order valence-corrected chi connectivity index (χ1v) is 27.5. The molecule has 1 aromatic carbocycles. The van der Waals surface area contributed by atoms with Crippen molar-refractivity contribution in [3.8, 4) is 0 Å². The Morgan fingerprint density at radius 3 is 2.30 bits per heavy atom. The fourth-order valence-electron chi connectivity index (χ4n) is 9.12. The lowest BCUT2D eigenvalue weighted by atomic mass is 9.87. The van der Waals surface area contributed by atoms with Crippen LogP contribution < -0.4 is 32.3 Å². The maximum absolute atomic E-state index is 13.7. The lowest BCUT2D eigenvalue weighted by Crippen LogP contribution is -2.52. The van der Waals surface area contributed by atoms with Gasteiger partial charge in [-0.2, -0.15) is 0 Å². The lowest BCUT2D eigenvalue weighted by Gasteiger charge is -2.39. The summed E-state index contributed by atoms with van der Waals surface area (Å²) in [5.41, 5.74) is 6.56. The Morgan fingerprint density at radius 2 is 1.65 bits per heavy atom. The number of benzene rings is 1. The second-order valence-electron chi connectivity index (χ2n) is 20.9. The number of carbonyl (C=O) groups is 7. The lowest BCUT2D eigenvalue weighted by molar-refractivity contribution is -0.131. The predicted molar refractivity (Wildman–Crippen MR) is 286 cm³/mol. The molecule has 412 valence electrons. The van der Waals surface area contributed by atoms with Gasteiger partial charge in [0.15, 0.2) is 5.78 Å². The number of epoxide rings is 1. The van der Waals surface area contributed by atoms with Gasteiger partial charge in [-0.3, -0.25) is 24.0 Å². The van der Waals surface area contributed by atoms with E-state index in [9.17, 15) is 38.7 Å². The number of ether oxygens (including phenoxy) is 4. The molecule has 3 aliphatic rings. The minimum absolute atomic E-state index is 0.0108. The highest BCUT2D eigenvalue weighted by molar-refractivity contribution is 9.09. The number of alkyl halides is 1. The van der Waals surface area contributed by atoms with Gasteiger partial charge in [-0.25, -0.2) is 9.59 Å². The van der Waals surface area contributed by atoms with E-state index in [0.29, 0.717) is 61.2 Å². The van der Waals surface area contributed by atoms with E-state index in [2.05, 4.69) is 55.5 Å². The summed E-state index contributed by atoms with van der Waals surface area (Å²) in [6.45, 7) is 14.5. The average molecular weight is 1100 g/mol. The zero-order valence-electron chi connectivity index (χ0n) is 44.5. The van der Waals surface area contributed by atoms with Gasteiger partial charge in [-0.1, -0.05) is 105 Å². The van der Waals surface area contributed by atoms with Gasteiger partial charge in [-0.05, 0) is 93.9 Å². The Balaban J connectivity index is 1.23. The van der Waals surface area contributed by atoms with Crippen LogP contribution in [0.5, 0.6) is 0 Å². The van der Waals surface area contributed by atoms with E-state index in [4.69, 9.17) is 24.7 Å². The van der Waals surface area contributed by atoms with Crippen LogP contribution in [0.15, 0.2) is 60.2 Å². The molecule has 8 N–H and O–H groups in total. The molecule has 0 saturated carbocycles. The van der Waals surface area contributed by atoms with E-state index >= 15 is 0 Å². The van der Waals surface area contributed by atoms with Gasteiger partial charge in [0.1, 0.15) is 30.2 Å². The number of nitrogens with one attached hydrogen (secondary N) is 5. The first kappa shape index (κ1) is 61.6. The van der Waals surface area contributed by atoms with Gasteiger partial charge in [0.05, 0.1) is 42.3 Å². The number of urea groups is 1. The number of unbranched alkanes of at least 4 members (excludes halogenated alkanes) is 3. The fourth-order valence-corrected chi connectivity index (χ4v) is 9.40. The van der Waals surface area contributed by atoms with Gasteiger partial charge < -0.3 is 56.4 Å². The number of ketones is 2. The number of halogens is 1. The van der Waals surface area contributed by atoms with Crippen molar-refractivity contribution in [3.63, 3.8) is 0 Å². The first-order chi connectivity index (χ1) is 35.2. The Hall–Kier alpha value is -4.95. The molecule has 6 amide bonds. The number of aliphatic hydroxyl groups is 1. The summed E-state index contributed by atoms with van der Waals surface area (Å²) in [5.74, 6) is -1.37. The van der Waals surface area contributed by atoms with E-state index in [0.717, 1.165) is 31.3 Å². The topological polar surface area (TPSA) is 266 Å². The number of primary amides is 1. The number of hydrogen-bond donors (Lipinski definition) is 7. The van der Waals surface area contributed by atoms with Crippen LogP contribution in [-0.2, 0) is 49.5 Å². The van der Waals surface area contributed by atoms with Gasteiger partial charge in [-0.15, -0.1) is 0 Å². The number of Topliss-reactive ketones (excluding diaryl/α,β-unsaturated/α-hetero) is 2. The summed E-state index contributed by atoms with van der Waals surface area (Å²) in [6.07, 6.45) is 12.6. The fraction of sp³-hybridized carbons (Fsp3) is 0.655. The molecule has 1 spiro atoms. The van der Waals surface area contributed by atoms with Crippen molar-refractivity contribution in [1.82, 2.24) is 21.3 Å². The molecule has 3 aliphatic heterocycles. The van der Waals surface area contributed by atoms with E-state index in [1.54, 1.807) is 30.3 Å². The number of aliphatic hydroxyl groups excluding tert-OH is 1. The molecular formula is C55H83BrN6O12. The highest BCUT2D eigenvalue weighted by Gasteiger charge is 2.58. The van der Waals surface area contributed by atoms with Gasteiger partial charge in [0.2, 0.25) is 17.7 Å². The van der Waals surface area contributed by atoms with Crippen molar-refractivity contribution in [2.45, 2.75) is 180 Å². The Kier molecular flexibility index (Phi) is 26.0. The monoisotopic (exact) mass is 1100 g/mol. The molecule has 1 aromatic rings. The molecular weight excluding hydrogens is 1020 g/mol. The Labute approximate surface area is 446 Å². The maximum atomic E-state index is 13.7. The van der Waals surface area contributed by atoms with Crippen LogP contribution in [0.3, 0.4) is 0 Å². The molecule has 0 radical (unpaired) electrons. The van der Waals surface area contributed by atoms with Crippen molar-refractivity contribution in [2.24, 2.45) is 29.4 Å². The molecule has 19 heteroatoms. The summed E-state index contributed by atoms with van der Waals surface area (Å²) in [7, 11) is 0. The van der Waals surface area contributed by atoms with E-state index in [1.165, 1.54) is 0 Å². The molecule has 3 fully saturated rings. The molecule has 74 heavy (non-hydrogen) atoms. The quantitative estimate of drug-likeness (QED) is 0.0135. The van der Waals surface area contributed by atoms with E-state index in [-0.39, 0.29) is 92.4 Å². The van der Waals surface area contributed by atoms with Crippen molar-refractivity contribution in [2.75, 3.05) is 30.3 Å². The van der Waals surface area contributed by atoms with Crippen LogP contribution >= 0.6 is 15.9 Å². The predicted octanol–water partition coefficient (Wildman–Crippen LogP) is 7.01. The number of amides is 6. The summed E-state index contributed by atoms with van der Waals surface area (Å²) >= 11 is 3.16. The number of anilines is 1. The van der Waals surface area contributed by atoms with Crippen LogP contribution in [0.4, 0.5) is 15.3 Å². The second-order valence-corrected chi connectivity index (χ2v) is 21.5. The number of carbonyl (C=O) groups excluding carboxylic acids is 7. The second kappa shape index (κ2) is 31.2. The molecule has 0 aromatic heterocycles. The third kappa shape index (κ3) is 21.7. The van der Waals surface area contributed by atoms with Gasteiger partial charge >= 0.3 is 12.1 Å². The molecule has 0 unspecified atom stereocenters. The number of allylic oxidation sites excluding steroid dienone is 3. The molecule has 0 bridgehead atoms. The van der Waals surface area contributed by atoms with Crippen molar-refractivity contribution in [3.05, 3.63) is 65.8 Å². The minimum atomic E-state index is -0.885. The molecule has 3 heterocycles. The molecule has 10 atom stereocenters. The summed E-state index contributed by atoms with van der Waals surface area (Å²) in [4.78, 5) is 88.3. The van der Waals surface area contributed by atoms with Crippen LogP contribution in [0.25, 0.3) is 0 Å². The zero-order valence-corrected chi connectivity index (χ0v) is 46.0. The van der Waals surface area contributed by atoms with Crippen molar-refractivity contribution < 1.29 is 57.6 Å². The van der Waals surface area contributed by atoms with Crippen LogP contribution in [0, 0.1) is 23.7 Å². The third-order valence-electron chi connectivity index (χ3n) is 13.7. The van der Waals surface area contributed by atoms with Gasteiger partial charge in [0, 0.05) is 50.4 Å². The van der Waals surface area contributed by atoms with Crippen LogP contribution in [0.2, 0.25) is 0 Å². The van der Waals surface area contributed by atoms with Crippen molar-refractivity contribution in [1.29, 1.82) is 0 Å². The molecule has 18 nitrogen and oxygen atoms in total. The smallest absolute Gasteiger partial charge is 0.407 e. The SMILES string of the molecule is CC(/C=C/[C@H]1O[C@H](CNC(=O)OCc2ccc(NC(=O)[C@H](CCCNC(N)=O)CC(=O)[C@@H](NC(=O)CCCCCCC(=O)CBr)C(C)C)cc2)C[C@@]2(CO2)[C@@H]1O)=C\C[C@@H]1O[C@H](C)[C@H](NC(=O)/C=C\C(C)C)C[C@@H]1C. The zero-order chi connectivity index (χ0) is 54.4. The Bertz CT molecular complexity index is 2110. The number of rotatable bonds is 30. The van der Waals surface area contributed by atoms with Crippen molar-refractivity contribution >= 4 is 63.0 Å². The minimum Gasteiger partial charge on any atom is -0.445 e. The van der Waals surface area contributed by atoms with Crippen LogP contribution in [0.1, 0.15) is 131 Å². The van der Waals surface area contributed by atoms with Gasteiger partial charge in [0.25, 0.3) is 0 Å². The first-order valence-electron chi connectivity index (χ1n) is 26.4. The highest BCUT2D eigenvalue weighted by Crippen LogP contribution is 2.42. The van der Waals surface area contributed by atoms with Crippen LogP contribution in [-0.4, -0.2) is 120 Å². The highest BCUT2D eigenvalue weighted by atomic mass is 79.9. The molecule has 4 rings (SSSR count). The standard InChI is InChI=1S/C55H83BrN6O12/c1-34(2)16-25-49(66)61-44-27-37(6)46(73-38(44)7)23-17-36(5)18-24-47-51(67)55(33-72-55)29-43(74-47)31-59-54(70)71-32-39-19-21-41(22-20-39)60-52(68)40(13-12-26-58-53(57)69)28-45(64)50(35(3)4)62-48(65)15-11-9-8-10-14-42(63)30-56/h16-22,24-25,34-35,37-38,40,43-44,46-47,50-51,67H,8-15,23,26-33H2,1-7H3,(H,59,70)(H,60,68)(H,61,66)(H,62,65)(H3,57,58,69)/b24-18+,25-16-,36-17+/t37-,38+,40+,43-,44+,46-,47+,50-,51+,55+/m0/s1. The average Bonchev–Trinajstić information content (AvgIpc) is 4.13. The largest absolute Gasteiger partial charge is 0.445 e. The Morgan fingerprint density at radius 1 is 0.946 bits per heavy atom. The normalized spacial score (nSPS) is 24.6. The molecule has 0 aliphatic carbocycles. The molecule has 3 saturated heterocycles. The third-order valence-corrected chi connectivity index (χ3v) is 14.3. The summed E-state index contributed by atoms with van der Waals surface area (Å²) in [6, 6.07) is 5.17. The number of nitrogens with two attached hydrogens (primary N) is 1. The summed E-state index contributed by atoms with van der Waals surface area (Å²) in [5, 5.41) is 25.6. The number of alkyl carbamates (subject to hydrolysis) is 1. The number of hydrogen-bond acceptors (Lipinski definition) is 12.